The van der Waals surface area contributed by atoms with Gasteiger partial charge in [-0.05, 0) is 44.4 Å². The summed E-state index contributed by atoms with van der Waals surface area (Å²) in [5, 5.41) is 2.95. The third kappa shape index (κ3) is 6.73. The Hall–Kier alpha value is -1.21. The van der Waals surface area contributed by atoms with Gasteiger partial charge in [0.15, 0.2) is 9.84 Å². The predicted octanol–water partition coefficient (Wildman–Crippen LogP) is 2.05. The molecule has 0 aromatic heterocycles. The number of thioether (sulfide) groups is 1. The summed E-state index contributed by atoms with van der Waals surface area (Å²) in [7, 11) is -2.87. The highest BCUT2D eigenvalue weighted by atomic mass is 32.2. The molecule has 0 radical (unpaired) electrons. The van der Waals surface area contributed by atoms with Crippen LogP contribution in [0.25, 0.3) is 0 Å². The number of nitrogens with one attached hydrogen (secondary N) is 1. The number of carbonyl (C=O) groups excluding carboxylic acids is 1. The fourth-order valence-electron chi connectivity index (χ4n) is 2.49. The molecular formula is C17H25NO4S2. The Morgan fingerprint density at radius 3 is 2.62 bits per heavy atom. The van der Waals surface area contributed by atoms with Crippen molar-refractivity contribution in [2.75, 3.05) is 23.8 Å². The van der Waals surface area contributed by atoms with Crippen molar-refractivity contribution in [2.24, 2.45) is 0 Å². The number of amides is 1. The number of hydrogen-bond acceptors (Lipinski definition) is 5. The van der Waals surface area contributed by atoms with E-state index < -0.39 is 9.84 Å². The highest BCUT2D eigenvalue weighted by Crippen LogP contribution is 2.23. The number of benzene rings is 1. The van der Waals surface area contributed by atoms with Gasteiger partial charge in [-0.3, -0.25) is 4.79 Å². The molecule has 0 aliphatic carbocycles. The number of ether oxygens (including phenoxy) is 1. The summed E-state index contributed by atoms with van der Waals surface area (Å²) in [5.41, 5.74) is 1.14. The quantitative estimate of drug-likeness (QED) is 0.757. The molecule has 1 aliphatic rings. The van der Waals surface area contributed by atoms with Crippen LogP contribution in [0.1, 0.15) is 25.8 Å². The molecule has 134 valence electrons. The standard InChI is InChI=1S/C17H25NO4S2/c1-13(2)22-15-5-3-14(4-6-15)7-9-18-17(19)11-23-16-8-10-24(20,21)12-16/h3-6,13,16H,7-12H2,1-2H3,(H,18,19)/t16-/m0/s1. The van der Waals surface area contributed by atoms with Crippen molar-refractivity contribution in [1.82, 2.24) is 5.32 Å². The SMILES string of the molecule is CC(C)Oc1ccc(CCNC(=O)CS[C@H]2CCS(=O)(=O)C2)cc1. The van der Waals surface area contributed by atoms with E-state index >= 15 is 0 Å². The summed E-state index contributed by atoms with van der Waals surface area (Å²) in [5.74, 6) is 1.59. The van der Waals surface area contributed by atoms with Crippen molar-refractivity contribution in [3.63, 3.8) is 0 Å². The maximum absolute atomic E-state index is 11.8. The Labute approximate surface area is 148 Å². The van der Waals surface area contributed by atoms with Crippen molar-refractivity contribution < 1.29 is 17.9 Å². The maximum atomic E-state index is 11.8. The van der Waals surface area contributed by atoms with Crippen LogP contribution in [-0.2, 0) is 21.1 Å². The molecule has 1 aromatic carbocycles. The van der Waals surface area contributed by atoms with Gasteiger partial charge in [-0.1, -0.05) is 12.1 Å². The van der Waals surface area contributed by atoms with Crippen LogP contribution in [0.4, 0.5) is 0 Å². The summed E-state index contributed by atoms with van der Waals surface area (Å²) in [6.07, 6.45) is 1.57. The molecule has 1 amide bonds. The lowest BCUT2D eigenvalue weighted by Gasteiger charge is -2.11. The van der Waals surface area contributed by atoms with Crippen LogP contribution >= 0.6 is 11.8 Å². The zero-order valence-electron chi connectivity index (χ0n) is 14.2. The van der Waals surface area contributed by atoms with E-state index in [1.54, 1.807) is 0 Å². The summed E-state index contributed by atoms with van der Waals surface area (Å²) >= 11 is 1.44. The van der Waals surface area contributed by atoms with Crippen molar-refractivity contribution in [3.05, 3.63) is 29.8 Å². The van der Waals surface area contributed by atoms with Crippen molar-refractivity contribution in [3.8, 4) is 5.75 Å². The van der Waals surface area contributed by atoms with Crippen LogP contribution in [-0.4, -0.2) is 49.5 Å². The van der Waals surface area contributed by atoms with Gasteiger partial charge >= 0.3 is 0 Å². The first-order valence-corrected chi connectivity index (χ1v) is 11.1. The Balaban J connectivity index is 1.64. The molecule has 1 saturated heterocycles. The van der Waals surface area contributed by atoms with Gasteiger partial charge in [0.05, 0.1) is 23.4 Å². The molecule has 1 fully saturated rings. The number of hydrogen-bond donors (Lipinski definition) is 1. The van der Waals surface area contributed by atoms with E-state index in [2.05, 4.69) is 5.32 Å². The zero-order valence-corrected chi connectivity index (χ0v) is 15.8. The van der Waals surface area contributed by atoms with E-state index in [1.807, 2.05) is 38.1 Å². The van der Waals surface area contributed by atoms with Crippen LogP contribution in [0.2, 0.25) is 0 Å². The van der Waals surface area contributed by atoms with Gasteiger partial charge in [-0.2, -0.15) is 0 Å². The molecule has 1 heterocycles. The first kappa shape index (κ1) is 19.1. The largest absolute Gasteiger partial charge is 0.491 e. The Kier molecular flexibility index (Phi) is 6.98. The van der Waals surface area contributed by atoms with Crippen molar-refractivity contribution in [2.45, 2.75) is 38.0 Å². The second-order valence-electron chi connectivity index (χ2n) is 6.25. The second kappa shape index (κ2) is 8.76. The molecule has 0 spiro atoms. The van der Waals surface area contributed by atoms with Gasteiger partial charge in [0.1, 0.15) is 5.75 Å². The molecule has 2 rings (SSSR count). The van der Waals surface area contributed by atoms with Crippen LogP contribution in [0.3, 0.4) is 0 Å². The molecule has 1 N–H and O–H groups in total. The van der Waals surface area contributed by atoms with E-state index in [0.717, 1.165) is 17.7 Å². The molecule has 1 atom stereocenters. The van der Waals surface area contributed by atoms with Crippen LogP contribution in [0.15, 0.2) is 24.3 Å². The van der Waals surface area contributed by atoms with E-state index in [4.69, 9.17) is 4.74 Å². The molecule has 5 nitrogen and oxygen atoms in total. The lowest BCUT2D eigenvalue weighted by atomic mass is 10.1. The van der Waals surface area contributed by atoms with E-state index in [0.29, 0.717) is 18.7 Å². The van der Waals surface area contributed by atoms with Gasteiger partial charge in [0, 0.05) is 11.8 Å². The van der Waals surface area contributed by atoms with Gasteiger partial charge in [-0.25, -0.2) is 8.42 Å². The molecule has 0 saturated carbocycles. The van der Waals surface area contributed by atoms with Gasteiger partial charge in [0.2, 0.25) is 5.91 Å². The summed E-state index contributed by atoms with van der Waals surface area (Å²) < 4.78 is 28.3. The maximum Gasteiger partial charge on any atom is 0.230 e. The lowest BCUT2D eigenvalue weighted by molar-refractivity contribution is -0.118. The van der Waals surface area contributed by atoms with Crippen LogP contribution in [0, 0.1) is 0 Å². The molecular weight excluding hydrogens is 346 g/mol. The normalized spacial score (nSPS) is 19.4. The van der Waals surface area contributed by atoms with Gasteiger partial charge in [0.25, 0.3) is 0 Å². The Morgan fingerprint density at radius 2 is 2.04 bits per heavy atom. The molecule has 24 heavy (non-hydrogen) atoms. The van der Waals surface area contributed by atoms with E-state index in [9.17, 15) is 13.2 Å². The Bertz CT molecular complexity index is 641. The van der Waals surface area contributed by atoms with E-state index in [1.165, 1.54) is 11.8 Å². The topological polar surface area (TPSA) is 72.5 Å². The minimum absolute atomic E-state index is 0.0379. The van der Waals surface area contributed by atoms with Crippen LogP contribution < -0.4 is 10.1 Å². The van der Waals surface area contributed by atoms with Crippen molar-refractivity contribution in [1.29, 1.82) is 0 Å². The molecule has 0 bridgehead atoms. The molecule has 1 aromatic rings. The van der Waals surface area contributed by atoms with Crippen molar-refractivity contribution >= 4 is 27.5 Å². The molecule has 7 heteroatoms. The second-order valence-corrected chi connectivity index (χ2v) is 9.76. The fraction of sp³-hybridized carbons (Fsp3) is 0.588. The van der Waals surface area contributed by atoms with Gasteiger partial charge in [-0.15, -0.1) is 11.8 Å². The fourth-order valence-corrected chi connectivity index (χ4v) is 5.96. The third-order valence-corrected chi connectivity index (χ3v) is 6.95. The number of rotatable bonds is 8. The number of carbonyl (C=O) groups is 1. The minimum Gasteiger partial charge on any atom is -0.491 e. The van der Waals surface area contributed by atoms with Gasteiger partial charge < -0.3 is 10.1 Å². The first-order valence-electron chi connectivity index (χ1n) is 8.18. The molecule has 1 aliphatic heterocycles. The average molecular weight is 372 g/mol. The summed E-state index contributed by atoms with van der Waals surface area (Å²) in [6.45, 7) is 4.55. The zero-order chi connectivity index (χ0) is 17.6. The highest BCUT2D eigenvalue weighted by molar-refractivity contribution is 8.02. The monoisotopic (exact) mass is 371 g/mol. The number of sulfone groups is 1. The Morgan fingerprint density at radius 1 is 1.33 bits per heavy atom. The van der Waals surface area contributed by atoms with Crippen LogP contribution in [0.5, 0.6) is 5.75 Å². The first-order chi connectivity index (χ1) is 11.3. The smallest absolute Gasteiger partial charge is 0.230 e. The van der Waals surface area contributed by atoms with E-state index in [-0.39, 0.29) is 28.8 Å². The average Bonchev–Trinajstić information content (AvgIpc) is 2.86. The lowest BCUT2D eigenvalue weighted by Crippen LogP contribution is -2.28. The minimum atomic E-state index is -2.87. The highest BCUT2D eigenvalue weighted by Gasteiger charge is 2.28. The summed E-state index contributed by atoms with van der Waals surface area (Å²) in [4.78, 5) is 11.8. The third-order valence-electron chi connectivity index (χ3n) is 3.67. The summed E-state index contributed by atoms with van der Waals surface area (Å²) in [6, 6.07) is 7.88. The predicted molar refractivity (Wildman–Crippen MR) is 98.4 cm³/mol. The molecule has 0 unspecified atom stereocenters.